The number of anilines is 1. The predicted molar refractivity (Wildman–Crippen MR) is 84.3 cm³/mol. The standard InChI is InChI=1S/C14H18N8O/c1-20-8-15-19-11(20)9-3-5-22(6-4-9)14-17-12-10(13(23)18-14)7-16-21(12)2/h7-9H,3-6H2,1-2H3,(H,17,18,23). The molecule has 0 spiro atoms. The van der Waals surface area contributed by atoms with Crippen LogP contribution in [0.4, 0.5) is 5.95 Å². The van der Waals surface area contributed by atoms with Gasteiger partial charge in [0.25, 0.3) is 5.56 Å². The minimum Gasteiger partial charge on any atom is -0.342 e. The highest BCUT2D eigenvalue weighted by atomic mass is 16.1. The molecule has 0 atom stereocenters. The van der Waals surface area contributed by atoms with Crippen LogP contribution in [0, 0.1) is 0 Å². The number of piperidine rings is 1. The highest BCUT2D eigenvalue weighted by Gasteiger charge is 2.25. The van der Waals surface area contributed by atoms with Crippen LogP contribution in [0.25, 0.3) is 11.0 Å². The van der Waals surface area contributed by atoms with Crippen LogP contribution >= 0.6 is 0 Å². The quantitative estimate of drug-likeness (QED) is 0.724. The summed E-state index contributed by atoms with van der Waals surface area (Å²) in [6, 6.07) is 0. The molecule has 1 saturated heterocycles. The predicted octanol–water partition coefficient (Wildman–Crippen LogP) is 0.169. The van der Waals surface area contributed by atoms with Gasteiger partial charge in [0, 0.05) is 33.1 Å². The van der Waals surface area contributed by atoms with Crippen LogP contribution in [0.5, 0.6) is 0 Å². The van der Waals surface area contributed by atoms with E-state index in [4.69, 9.17) is 0 Å². The number of rotatable bonds is 2. The van der Waals surface area contributed by atoms with Crippen molar-refractivity contribution in [3.8, 4) is 0 Å². The summed E-state index contributed by atoms with van der Waals surface area (Å²) in [5.74, 6) is 2.03. The lowest BCUT2D eigenvalue weighted by atomic mass is 9.96. The number of aryl methyl sites for hydroxylation is 2. The Morgan fingerprint density at radius 2 is 2.04 bits per heavy atom. The van der Waals surface area contributed by atoms with E-state index in [1.807, 2.05) is 11.6 Å². The molecule has 0 unspecified atom stereocenters. The van der Waals surface area contributed by atoms with Crippen molar-refractivity contribution in [2.24, 2.45) is 14.1 Å². The summed E-state index contributed by atoms with van der Waals surface area (Å²) in [6.45, 7) is 1.65. The third-order valence-corrected chi connectivity index (χ3v) is 4.50. The Kier molecular flexibility index (Phi) is 3.14. The second-order valence-electron chi connectivity index (χ2n) is 5.96. The topological polar surface area (TPSA) is 97.5 Å². The van der Waals surface area contributed by atoms with Crippen molar-refractivity contribution in [2.75, 3.05) is 18.0 Å². The summed E-state index contributed by atoms with van der Waals surface area (Å²) in [7, 11) is 3.76. The number of nitrogens with one attached hydrogen (secondary N) is 1. The van der Waals surface area contributed by atoms with Crippen LogP contribution < -0.4 is 10.5 Å². The van der Waals surface area contributed by atoms with Crippen LogP contribution in [-0.2, 0) is 14.1 Å². The van der Waals surface area contributed by atoms with Gasteiger partial charge in [0.1, 0.15) is 17.5 Å². The van der Waals surface area contributed by atoms with Gasteiger partial charge in [-0.15, -0.1) is 10.2 Å². The zero-order valence-corrected chi connectivity index (χ0v) is 13.1. The molecule has 1 aliphatic rings. The zero-order chi connectivity index (χ0) is 16.0. The van der Waals surface area contributed by atoms with Crippen molar-refractivity contribution in [1.82, 2.24) is 34.5 Å². The van der Waals surface area contributed by atoms with Crippen molar-refractivity contribution in [3.05, 3.63) is 28.7 Å². The second-order valence-corrected chi connectivity index (χ2v) is 5.96. The minimum absolute atomic E-state index is 0.145. The monoisotopic (exact) mass is 314 g/mol. The smallest absolute Gasteiger partial charge is 0.263 e. The molecule has 3 aromatic rings. The van der Waals surface area contributed by atoms with Gasteiger partial charge in [0.2, 0.25) is 5.95 Å². The van der Waals surface area contributed by atoms with E-state index in [0.29, 0.717) is 22.9 Å². The lowest BCUT2D eigenvalue weighted by molar-refractivity contribution is 0.469. The highest BCUT2D eigenvalue weighted by molar-refractivity contribution is 5.74. The molecule has 4 rings (SSSR count). The number of aromatic nitrogens is 7. The molecule has 0 amide bonds. The van der Waals surface area contributed by atoms with Crippen LogP contribution in [-0.4, -0.2) is 47.6 Å². The van der Waals surface area contributed by atoms with E-state index in [-0.39, 0.29) is 5.56 Å². The van der Waals surface area contributed by atoms with Gasteiger partial charge in [-0.1, -0.05) is 0 Å². The summed E-state index contributed by atoms with van der Waals surface area (Å²) in [4.78, 5) is 21.7. The van der Waals surface area contributed by atoms with Crippen molar-refractivity contribution < 1.29 is 0 Å². The molecule has 0 aliphatic carbocycles. The molecule has 3 aromatic heterocycles. The highest BCUT2D eigenvalue weighted by Crippen LogP contribution is 2.27. The number of fused-ring (bicyclic) bond motifs is 1. The van der Waals surface area contributed by atoms with Gasteiger partial charge in [-0.2, -0.15) is 10.1 Å². The SMILES string of the molecule is Cn1cnnc1C1CCN(c2nc3c(cnn3C)c(=O)[nH]2)CC1. The summed E-state index contributed by atoms with van der Waals surface area (Å²) < 4.78 is 3.60. The molecule has 120 valence electrons. The van der Waals surface area contributed by atoms with E-state index in [9.17, 15) is 4.79 Å². The Bertz CT molecular complexity index is 899. The van der Waals surface area contributed by atoms with Crippen LogP contribution in [0.2, 0.25) is 0 Å². The van der Waals surface area contributed by atoms with Gasteiger partial charge >= 0.3 is 0 Å². The molecule has 23 heavy (non-hydrogen) atoms. The Hall–Kier alpha value is -2.71. The van der Waals surface area contributed by atoms with E-state index >= 15 is 0 Å². The number of H-pyrrole nitrogens is 1. The van der Waals surface area contributed by atoms with E-state index in [1.54, 1.807) is 24.3 Å². The Balaban J connectivity index is 1.58. The second kappa shape index (κ2) is 5.18. The van der Waals surface area contributed by atoms with E-state index in [1.165, 1.54) is 0 Å². The van der Waals surface area contributed by atoms with Gasteiger partial charge < -0.3 is 9.47 Å². The average Bonchev–Trinajstić information content (AvgIpc) is 3.14. The van der Waals surface area contributed by atoms with Gasteiger partial charge in [-0.05, 0) is 12.8 Å². The number of aromatic amines is 1. The van der Waals surface area contributed by atoms with Gasteiger partial charge in [-0.3, -0.25) is 14.5 Å². The fraction of sp³-hybridized carbons (Fsp3) is 0.500. The van der Waals surface area contributed by atoms with Gasteiger partial charge in [0.05, 0.1) is 6.20 Å². The first-order valence-corrected chi connectivity index (χ1v) is 7.64. The van der Waals surface area contributed by atoms with Crippen molar-refractivity contribution in [3.63, 3.8) is 0 Å². The van der Waals surface area contributed by atoms with Crippen molar-refractivity contribution in [2.45, 2.75) is 18.8 Å². The molecule has 0 radical (unpaired) electrons. The molecule has 9 nitrogen and oxygen atoms in total. The first kappa shape index (κ1) is 13.9. The first-order chi connectivity index (χ1) is 11.1. The van der Waals surface area contributed by atoms with Crippen molar-refractivity contribution in [1.29, 1.82) is 0 Å². The van der Waals surface area contributed by atoms with Crippen LogP contribution in [0.3, 0.4) is 0 Å². The lowest BCUT2D eigenvalue weighted by Gasteiger charge is -2.31. The molecule has 0 saturated carbocycles. The number of hydrogen-bond donors (Lipinski definition) is 1. The maximum Gasteiger partial charge on any atom is 0.263 e. The molecule has 4 heterocycles. The first-order valence-electron chi connectivity index (χ1n) is 7.64. The van der Waals surface area contributed by atoms with E-state index in [0.717, 1.165) is 31.8 Å². The number of nitrogens with zero attached hydrogens (tertiary/aromatic N) is 7. The number of hydrogen-bond acceptors (Lipinski definition) is 6. The zero-order valence-electron chi connectivity index (χ0n) is 13.1. The van der Waals surface area contributed by atoms with Crippen LogP contribution in [0.1, 0.15) is 24.6 Å². The molecular formula is C14H18N8O. The third-order valence-electron chi connectivity index (χ3n) is 4.50. The molecule has 0 aromatic carbocycles. The third kappa shape index (κ3) is 2.28. The van der Waals surface area contributed by atoms with E-state index < -0.39 is 0 Å². The largest absolute Gasteiger partial charge is 0.342 e. The molecule has 1 fully saturated rings. The Morgan fingerprint density at radius 1 is 1.26 bits per heavy atom. The lowest BCUT2D eigenvalue weighted by Crippen LogP contribution is -2.35. The van der Waals surface area contributed by atoms with Gasteiger partial charge in [0.15, 0.2) is 5.65 Å². The van der Waals surface area contributed by atoms with Crippen LogP contribution in [0.15, 0.2) is 17.3 Å². The summed E-state index contributed by atoms with van der Waals surface area (Å²) in [5, 5.41) is 12.8. The maximum absolute atomic E-state index is 12.2. The maximum atomic E-state index is 12.2. The molecule has 1 aliphatic heterocycles. The fourth-order valence-corrected chi connectivity index (χ4v) is 3.18. The fourth-order valence-electron chi connectivity index (χ4n) is 3.18. The normalized spacial score (nSPS) is 16.3. The summed E-state index contributed by atoms with van der Waals surface area (Å²) >= 11 is 0. The molecule has 9 heteroatoms. The van der Waals surface area contributed by atoms with Crippen molar-refractivity contribution >= 4 is 17.0 Å². The average molecular weight is 314 g/mol. The summed E-state index contributed by atoms with van der Waals surface area (Å²) in [5.41, 5.74) is 0.465. The van der Waals surface area contributed by atoms with E-state index in [2.05, 4.69) is 30.2 Å². The van der Waals surface area contributed by atoms with Gasteiger partial charge in [-0.25, -0.2) is 0 Å². The molecule has 0 bridgehead atoms. The molecule has 1 N–H and O–H groups in total. The minimum atomic E-state index is -0.145. The molecular weight excluding hydrogens is 296 g/mol. The Labute approximate surface area is 132 Å². The summed E-state index contributed by atoms with van der Waals surface area (Å²) in [6.07, 6.45) is 5.20. The Morgan fingerprint density at radius 3 is 2.74 bits per heavy atom.